The number of nitrogens with zero attached hydrogens (tertiary/aromatic N) is 2. The number of hydrogen-bond acceptors (Lipinski definition) is 4. The fourth-order valence-electron chi connectivity index (χ4n) is 2.06. The van der Waals surface area contributed by atoms with Crippen LogP contribution in [0.1, 0.15) is 6.92 Å². The van der Waals surface area contributed by atoms with Gasteiger partial charge in [-0.1, -0.05) is 15.9 Å². The molecule has 1 fully saturated rings. The van der Waals surface area contributed by atoms with E-state index in [4.69, 9.17) is 0 Å². The zero-order valence-corrected chi connectivity index (χ0v) is 11.1. The third-order valence-corrected chi connectivity index (χ3v) is 3.34. The van der Waals surface area contributed by atoms with E-state index in [-0.39, 0.29) is 10.6 Å². The van der Waals surface area contributed by atoms with Crippen LogP contribution in [0.5, 0.6) is 0 Å². The first-order chi connectivity index (χ1) is 8.08. The van der Waals surface area contributed by atoms with Gasteiger partial charge in [-0.15, -0.1) is 0 Å². The maximum absolute atomic E-state index is 11.0. The summed E-state index contributed by atoms with van der Waals surface area (Å²) in [6.07, 6.45) is 0. The smallest absolute Gasteiger partial charge is 0.292 e. The van der Waals surface area contributed by atoms with Crippen molar-refractivity contribution >= 4 is 27.3 Å². The van der Waals surface area contributed by atoms with Crippen molar-refractivity contribution in [3.63, 3.8) is 0 Å². The summed E-state index contributed by atoms with van der Waals surface area (Å²) in [5.74, 6) is 0. The number of nitro groups is 1. The van der Waals surface area contributed by atoms with Gasteiger partial charge in [-0.05, 0) is 19.1 Å². The minimum Gasteiger partial charge on any atom is -0.363 e. The van der Waals surface area contributed by atoms with E-state index >= 15 is 0 Å². The van der Waals surface area contributed by atoms with Gasteiger partial charge >= 0.3 is 0 Å². The van der Waals surface area contributed by atoms with Crippen molar-refractivity contribution in [1.29, 1.82) is 0 Å². The van der Waals surface area contributed by atoms with Gasteiger partial charge in [-0.25, -0.2) is 0 Å². The lowest BCUT2D eigenvalue weighted by molar-refractivity contribution is -0.384. The summed E-state index contributed by atoms with van der Waals surface area (Å²) in [5.41, 5.74) is 0.861. The van der Waals surface area contributed by atoms with Gasteiger partial charge in [0, 0.05) is 36.2 Å². The molecular formula is C11H14BrN3O2. The van der Waals surface area contributed by atoms with Crippen molar-refractivity contribution in [2.45, 2.75) is 13.0 Å². The average molecular weight is 300 g/mol. The normalized spacial score (nSPS) is 20.4. The Morgan fingerprint density at radius 1 is 1.59 bits per heavy atom. The minimum absolute atomic E-state index is 0.169. The van der Waals surface area contributed by atoms with E-state index in [1.165, 1.54) is 0 Å². The van der Waals surface area contributed by atoms with Gasteiger partial charge in [0.05, 0.1) is 4.92 Å². The Morgan fingerprint density at radius 3 is 3.00 bits per heavy atom. The van der Waals surface area contributed by atoms with E-state index in [0.717, 1.165) is 24.1 Å². The van der Waals surface area contributed by atoms with Crippen LogP contribution in [0.3, 0.4) is 0 Å². The Balaban J connectivity index is 2.35. The first-order valence-corrected chi connectivity index (χ1v) is 6.29. The number of anilines is 1. The Hall–Kier alpha value is -1.14. The maximum Gasteiger partial charge on any atom is 0.292 e. The molecule has 1 saturated heterocycles. The summed E-state index contributed by atoms with van der Waals surface area (Å²) in [7, 11) is 0. The molecule has 0 spiro atoms. The molecule has 0 aliphatic carbocycles. The molecular weight excluding hydrogens is 286 g/mol. The molecule has 0 saturated carbocycles. The Kier molecular flexibility index (Phi) is 3.63. The van der Waals surface area contributed by atoms with E-state index < -0.39 is 0 Å². The highest BCUT2D eigenvalue weighted by Crippen LogP contribution is 2.31. The molecule has 1 heterocycles. The van der Waals surface area contributed by atoms with E-state index in [0.29, 0.717) is 11.7 Å². The molecule has 2 rings (SSSR count). The first-order valence-electron chi connectivity index (χ1n) is 5.50. The highest BCUT2D eigenvalue weighted by molar-refractivity contribution is 9.10. The van der Waals surface area contributed by atoms with Gasteiger partial charge in [-0.3, -0.25) is 10.1 Å². The van der Waals surface area contributed by atoms with Gasteiger partial charge in [0.15, 0.2) is 0 Å². The lowest BCUT2D eigenvalue weighted by Crippen LogP contribution is -2.49. The quantitative estimate of drug-likeness (QED) is 0.671. The minimum atomic E-state index is -0.325. The second-order valence-corrected chi connectivity index (χ2v) is 5.11. The Morgan fingerprint density at radius 2 is 2.35 bits per heavy atom. The third-order valence-electron chi connectivity index (χ3n) is 2.84. The molecule has 1 aromatic carbocycles. The Bertz CT molecular complexity index is 439. The Labute approximate surface area is 108 Å². The summed E-state index contributed by atoms with van der Waals surface area (Å²) in [5, 5.41) is 14.3. The van der Waals surface area contributed by atoms with E-state index in [1.54, 1.807) is 12.1 Å². The molecule has 1 aliphatic heterocycles. The van der Waals surface area contributed by atoms with Gasteiger partial charge in [0.25, 0.3) is 5.69 Å². The molecule has 0 bridgehead atoms. The molecule has 1 N–H and O–H groups in total. The fraction of sp³-hybridized carbons (Fsp3) is 0.455. The number of nitrogens with one attached hydrogen (secondary N) is 1. The highest BCUT2D eigenvalue weighted by Gasteiger charge is 2.23. The topological polar surface area (TPSA) is 58.4 Å². The molecule has 6 heteroatoms. The standard InChI is InChI=1S/C11H14BrN3O2/c1-8-7-14(5-4-13-8)11-6-9(12)2-3-10(11)15(16)17/h2-3,6,8,13H,4-5,7H2,1H3/t8-/m1/s1. The molecule has 0 aromatic heterocycles. The molecule has 92 valence electrons. The lowest BCUT2D eigenvalue weighted by Gasteiger charge is -2.33. The van der Waals surface area contributed by atoms with Crippen LogP contribution >= 0.6 is 15.9 Å². The largest absolute Gasteiger partial charge is 0.363 e. The van der Waals surface area contributed by atoms with Crippen LogP contribution in [0.25, 0.3) is 0 Å². The predicted octanol–water partition coefficient (Wildman–Crippen LogP) is 2.16. The number of benzene rings is 1. The molecule has 1 atom stereocenters. The summed E-state index contributed by atoms with van der Waals surface area (Å²) < 4.78 is 0.865. The number of hydrogen-bond donors (Lipinski definition) is 1. The summed E-state index contributed by atoms with van der Waals surface area (Å²) in [6.45, 7) is 4.51. The van der Waals surface area contributed by atoms with Gasteiger partial charge in [0.2, 0.25) is 0 Å². The number of halogens is 1. The van der Waals surface area contributed by atoms with Crippen molar-refractivity contribution in [3.8, 4) is 0 Å². The average Bonchev–Trinajstić information content (AvgIpc) is 2.28. The predicted molar refractivity (Wildman–Crippen MR) is 70.5 cm³/mol. The van der Waals surface area contributed by atoms with Crippen LogP contribution in [-0.4, -0.2) is 30.6 Å². The van der Waals surface area contributed by atoms with E-state index in [2.05, 4.69) is 33.1 Å². The first kappa shape index (κ1) is 12.3. The van der Waals surface area contributed by atoms with Gasteiger partial charge < -0.3 is 10.2 Å². The molecule has 17 heavy (non-hydrogen) atoms. The van der Waals surface area contributed by atoms with Crippen molar-refractivity contribution in [2.75, 3.05) is 24.5 Å². The number of nitro benzene ring substituents is 1. The molecule has 5 nitrogen and oxygen atoms in total. The zero-order valence-electron chi connectivity index (χ0n) is 9.52. The van der Waals surface area contributed by atoms with E-state index in [1.807, 2.05) is 6.07 Å². The van der Waals surface area contributed by atoms with E-state index in [9.17, 15) is 10.1 Å². The zero-order chi connectivity index (χ0) is 12.4. The summed E-state index contributed by atoms with van der Waals surface area (Å²) in [4.78, 5) is 12.7. The van der Waals surface area contributed by atoms with Crippen molar-refractivity contribution in [1.82, 2.24) is 5.32 Å². The van der Waals surface area contributed by atoms with Gasteiger partial charge in [-0.2, -0.15) is 0 Å². The van der Waals surface area contributed by atoms with Crippen molar-refractivity contribution in [2.24, 2.45) is 0 Å². The number of piperazine rings is 1. The van der Waals surface area contributed by atoms with Crippen molar-refractivity contribution in [3.05, 3.63) is 32.8 Å². The summed E-state index contributed by atoms with van der Waals surface area (Å²) >= 11 is 3.36. The number of rotatable bonds is 2. The monoisotopic (exact) mass is 299 g/mol. The molecule has 0 amide bonds. The van der Waals surface area contributed by atoms with Crippen LogP contribution in [0.4, 0.5) is 11.4 Å². The van der Waals surface area contributed by atoms with Crippen LogP contribution in [0, 0.1) is 10.1 Å². The summed E-state index contributed by atoms with van der Waals surface area (Å²) in [6, 6.07) is 5.41. The second-order valence-electron chi connectivity index (χ2n) is 4.19. The van der Waals surface area contributed by atoms with Crippen molar-refractivity contribution < 1.29 is 4.92 Å². The van der Waals surface area contributed by atoms with Crippen LogP contribution < -0.4 is 10.2 Å². The lowest BCUT2D eigenvalue weighted by atomic mass is 10.2. The fourth-order valence-corrected chi connectivity index (χ4v) is 2.40. The van der Waals surface area contributed by atoms with Crippen LogP contribution in [0.15, 0.2) is 22.7 Å². The van der Waals surface area contributed by atoms with Gasteiger partial charge in [0.1, 0.15) is 5.69 Å². The maximum atomic E-state index is 11.0. The third kappa shape index (κ3) is 2.76. The molecule has 0 radical (unpaired) electrons. The molecule has 0 unspecified atom stereocenters. The van der Waals surface area contributed by atoms with Crippen LogP contribution in [-0.2, 0) is 0 Å². The SMILES string of the molecule is C[C@@H]1CN(c2cc(Br)ccc2[N+](=O)[O-])CCN1. The molecule has 1 aliphatic rings. The second kappa shape index (κ2) is 5.01. The van der Waals surface area contributed by atoms with Crippen LogP contribution in [0.2, 0.25) is 0 Å². The molecule has 1 aromatic rings. The highest BCUT2D eigenvalue weighted by atomic mass is 79.9.